The molecule has 2 N–H and O–H groups in total. The van der Waals surface area contributed by atoms with Crippen LogP contribution in [0.3, 0.4) is 0 Å². The van der Waals surface area contributed by atoms with Crippen molar-refractivity contribution in [1.29, 1.82) is 0 Å². The van der Waals surface area contributed by atoms with E-state index in [2.05, 4.69) is 35.3 Å². The number of benzene rings is 1. The fourth-order valence-corrected chi connectivity index (χ4v) is 5.13. The molecule has 138 valence electrons. The van der Waals surface area contributed by atoms with Crippen molar-refractivity contribution in [2.75, 3.05) is 42.9 Å². The fraction of sp³-hybridized carbons (Fsp3) is 0.476. The summed E-state index contributed by atoms with van der Waals surface area (Å²) in [6, 6.07) is 10.4. The zero-order valence-corrected chi connectivity index (χ0v) is 16.3. The van der Waals surface area contributed by atoms with Crippen molar-refractivity contribution < 1.29 is 9.69 Å². The van der Waals surface area contributed by atoms with Gasteiger partial charge in [0.1, 0.15) is 0 Å². The molecule has 1 fully saturated rings. The summed E-state index contributed by atoms with van der Waals surface area (Å²) < 4.78 is 0. The molecule has 2 aromatic rings. The lowest BCUT2D eigenvalue weighted by molar-refractivity contribution is -0.898. The highest BCUT2D eigenvalue weighted by molar-refractivity contribution is 7.14. The van der Waals surface area contributed by atoms with Crippen molar-refractivity contribution in [3.63, 3.8) is 0 Å². The van der Waals surface area contributed by atoms with E-state index in [1.54, 1.807) is 16.2 Å². The van der Waals surface area contributed by atoms with Crippen molar-refractivity contribution in [3.05, 3.63) is 45.6 Å². The van der Waals surface area contributed by atoms with E-state index in [0.717, 1.165) is 36.5 Å². The van der Waals surface area contributed by atoms with Crippen LogP contribution in [0.4, 0.5) is 11.4 Å². The summed E-state index contributed by atoms with van der Waals surface area (Å²) in [4.78, 5) is 19.0. The summed E-state index contributed by atoms with van der Waals surface area (Å²) in [5, 5.41) is 3.06. The number of thiophene rings is 1. The van der Waals surface area contributed by atoms with Gasteiger partial charge in [0.15, 0.2) is 0 Å². The number of piperazine rings is 1. The molecule has 1 amide bonds. The number of aryl methyl sites for hydroxylation is 2. The molecule has 1 aliphatic heterocycles. The van der Waals surface area contributed by atoms with E-state index >= 15 is 0 Å². The summed E-state index contributed by atoms with van der Waals surface area (Å²) >= 11 is 1.67. The minimum atomic E-state index is 0.0253. The van der Waals surface area contributed by atoms with E-state index < -0.39 is 0 Å². The Bertz CT molecular complexity index is 737. The molecule has 26 heavy (non-hydrogen) atoms. The highest BCUT2D eigenvalue weighted by atomic mass is 32.1. The number of hydrogen-bond donors (Lipinski definition) is 2. The molecule has 4 rings (SSSR count). The van der Waals surface area contributed by atoms with E-state index in [1.165, 1.54) is 48.6 Å². The normalized spacial score (nSPS) is 17.8. The zero-order valence-electron chi connectivity index (χ0n) is 15.5. The average Bonchev–Trinajstić information content (AvgIpc) is 3.13. The van der Waals surface area contributed by atoms with Gasteiger partial charge in [0, 0.05) is 16.3 Å². The van der Waals surface area contributed by atoms with Crippen molar-refractivity contribution in [2.45, 2.75) is 32.6 Å². The summed E-state index contributed by atoms with van der Waals surface area (Å²) in [6.45, 7) is 8.10. The predicted molar refractivity (Wildman–Crippen MR) is 109 cm³/mol. The van der Waals surface area contributed by atoms with Crippen LogP contribution in [0, 0.1) is 0 Å². The van der Waals surface area contributed by atoms with Crippen LogP contribution in [-0.2, 0) is 12.8 Å². The molecular weight excluding hydrogens is 342 g/mol. The van der Waals surface area contributed by atoms with E-state index in [0.29, 0.717) is 0 Å². The molecule has 0 spiro atoms. The molecule has 0 radical (unpaired) electrons. The summed E-state index contributed by atoms with van der Waals surface area (Å²) in [7, 11) is 0. The van der Waals surface area contributed by atoms with Crippen LogP contribution in [0.2, 0.25) is 0 Å². The standard InChI is InChI=1S/C21H27N3OS/c1-2-23-11-13-24(14-12-23)18-9-7-17(8-10-18)22-21(25)20-15-16-5-3-4-6-19(16)26-20/h7-10,15H,2-6,11-14H2,1H3,(H,22,25)/p+1. The molecule has 1 saturated heterocycles. The second-order valence-electron chi connectivity index (χ2n) is 7.36. The van der Waals surface area contributed by atoms with E-state index in [1.807, 2.05) is 12.1 Å². The number of quaternary nitrogens is 1. The van der Waals surface area contributed by atoms with Crippen LogP contribution < -0.4 is 15.1 Å². The number of nitrogens with zero attached hydrogens (tertiary/aromatic N) is 1. The second-order valence-corrected chi connectivity index (χ2v) is 8.49. The van der Waals surface area contributed by atoms with Gasteiger partial charge >= 0.3 is 0 Å². The smallest absolute Gasteiger partial charge is 0.265 e. The minimum absolute atomic E-state index is 0.0253. The molecule has 2 aliphatic rings. The molecule has 0 unspecified atom stereocenters. The van der Waals surface area contributed by atoms with E-state index in [4.69, 9.17) is 0 Å². The Labute approximate surface area is 159 Å². The van der Waals surface area contributed by atoms with Gasteiger partial charge in [-0.05, 0) is 68.5 Å². The molecular formula is C21H28N3OS+. The Morgan fingerprint density at radius 3 is 2.58 bits per heavy atom. The van der Waals surface area contributed by atoms with Gasteiger partial charge in [0.25, 0.3) is 5.91 Å². The monoisotopic (exact) mass is 370 g/mol. The van der Waals surface area contributed by atoms with E-state index in [-0.39, 0.29) is 5.91 Å². The summed E-state index contributed by atoms with van der Waals surface area (Å²) in [6.07, 6.45) is 4.76. The molecule has 2 heterocycles. The summed E-state index contributed by atoms with van der Waals surface area (Å²) in [5.74, 6) is 0.0253. The first-order valence-corrected chi connectivity index (χ1v) is 10.7. The first-order valence-electron chi connectivity index (χ1n) is 9.84. The van der Waals surface area contributed by atoms with Crippen LogP contribution in [0.15, 0.2) is 30.3 Å². The van der Waals surface area contributed by atoms with Gasteiger partial charge in [-0.15, -0.1) is 11.3 Å². The minimum Gasteiger partial charge on any atom is -0.360 e. The third-order valence-electron chi connectivity index (χ3n) is 5.68. The van der Waals surface area contributed by atoms with Crippen LogP contribution in [0.1, 0.15) is 39.9 Å². The van der Waals surface area contributed by atoms with Gasteiger partial charge in [-0.2, -0.15) is 0 Å². The number of hydrogen-bond acceptors (Lipinski definition) is 3. The fourth-order valence-electron chi connectivity index (χ4n) is 3.99. The van der Waals surface area contributed by atoms with Gasteiger partial charge in [-0.3, -0.25) is 4.79 Å². The molecule has 1 aliphatic carbocycles. The van der Waals surface area contributed by atoms with Gasteiger partial charge in [-0.1, -0.05) is 0 Å². The Balaban J connectivity index is 1.38. The molecule has 0 saturated carbocycles. The Hall–Kier alpha value is -1.85. The number of rotatable bonds is 4. The number of anilines is 2. The maximum Gasteiger partial charge on any atom is 0.265 e. The molecule has 1 aromatic carbocycles. The van der Waals surface area contributed by atoms with Crippen LogP contribution in [0.25, 0.3) is 0 Å². The quantitative estimate of drug-likeness (QED) is 0.868. The molecule has 5 heteroatoms. The number of likely N-dealkylation sites (N-methyl/N-ethyl adjacent to an activating group) is 1. The Morgan fingerprint density at radius 1 is 1.15 bits per heavy atom. The number of nitrogens with one attached hydrogen (secondary N) is 2. The van der Waals surface area contributed by atoms with Crippen molar-refractivity contribution in [2.24, 2.45) is 0 Å². The van der Waals surface area contributed by atoms with E-state index in [9.17, 15) is 4.79 Å². The van der Waals surface area contributed by atoms with Crippen LogP contribution in [-0.4, -0.2) is 38.6 Å². The van der Waals surface area contributed by atoms with Crippen molar-refractivity contribution in [1.82, 2.24) is 0 Å². The Morgan fingerprint density at radius 2 is 1.88 bits per heavy atom. The number of fused-ring (bicyclic) bond motifs is 1. The highest BCUT2D eigenvalue weighted by Gasteiger charge is 2.19. The number of carbonyl (C=O) groups is 1. The first kappa shape index (κ1) is 17.6. The molecule has 1 aromatic heterocycles. The van der Waals surface area contributed by atoms with Gasteiger partial charge in [0.05, 0.1) is 37.6 Å². The third kappa shape index (κ3) is 3.79. The second kappa shape index (κ2) is 7.80. The predicted octanol–water partition coefficient (Wildman–Crippen LogP) is 2.60. The van der Waals surface area contributed by atoms with Crippen LogP contribution >= 0.6 is 11.3 Å². The van der Waals surface area contributed by atoms with Crippen molar-refractivity contribution in [3.8, 4) is 0 Å². The van der Waals surface area contributed by atoms with Crippen molar-refractivity contribution >= 4 is 28.6 Å². The van der Waals surface area contributed by atoms with Gasteiger partial charge < -0.3 is 15.1 Å². The lowest BCUT2D eigenvalue weighted by atomic mass is 9.99. The third-order valence-corrected chi connectivity index (χ3v) is 6.92. The SMILES string of the molecule is CC[NH+]1CCN(c2ccc(NC(=O)c3cc4c(s3)CCCC4)cc2)CC1. The highest BCUT2D eigenvalue weighted by Crippen LogP contribution is 2.30. The first-order chi connectivity index (χ1) is 12.7. The average molecular weight is 371 g/mol. The lowest BCUT2D eigenvalue weighted by Gasteiger charge is -2.33. The maximum absolute atomic E-state index is 12.6. The number of carbonyl (C=O) groups excluding carboxylic acids is 1. The zero-order chi connectivity index (χ0) is 17.9. The Kier molecular flexibility index (Phi) is 5.27. The molecule has 0 bridgehead atoms. The maximum atomic E-state index is 12.6. The molecule has 0 atom stereocenters. The largest absolute Gasteiger partial charge is 0.360 e. The van der Waals surface area contributed by atoms with Crippen LogP contribution in [0.5, 0.6) is 0 Å². The van der Waals surface area contributed by atoms with Gasteiger partial charge in [-0.25, -0.2) is 0 Å². The number of amides is 1. The van der Waals surface area contributed by atoms with Gasteiger partial charge in [0.2, 0.25) is 0 Å². The topological polar surface area (TPSA) is 36.8 Å². The lowest BCUT2D eigenvalue weighted by Crippen LogP contribution is -3.14. The molecule has 4 nitrogen and oxygen atoms in total. The summed E-state index contributed by atoms with van der Waals surface area (Å²) in [5.41, 5.74) is 3.52.